The van der Waals surface area contributed by atoms with Gasteiger partial charge >= 0.3 is 0 Å². The minimum atomic E-state index is -0.840. The van der Waals surface area contributed by atoms with Crippen LogP contribution in [0.2, 0.25) is 0 Å². The molecule has 0 bridgehead atoms. The number of nitrogens with zero attached hydrogens (tertiary/aromatic N) is 1. The maximum Gasteiger partial charge on any atom is 0.226 e. The Bertz CT molecular complexity index is 850. The molecule has 2 amide bonds. The molecular formula is C21H24F2N2O2. The van der Waals surface area contributed by atoms with Gasteiger partial charge in [0.2, 0.25) is 11.8 Å². The lowest BCUT2D eigenvalue weighted by atomic mass is 9.97. The van der Waals surface area contributed by atoms with Gasteiger partial charge in [-0.15, -0.1) is 0 Å². The number of carbonyl (C=O) groups excluding carboxylic acids is 2. The molecule has 0 aliphatic rings. The summed E-state index contributed by atoms with van der Waals surface area (Å²) < 4.78 is 26.6. The van der Waals surface area contributed by atoms with Crippen molar-refractivity contribution in [3.8, 4) is 0 Å². The first-order valence-electron chi connectivity index (χ1n) is 8.83. The van der Waals surface area contributed by atoms with Crippen molar-refractivity contribution in [1.82, 2.24) is 0 Å². The maximum atomic E-state index is 13.7. The van der Waals surface area contributed by atoms with E-state index in [9.17, 15) is 18.4 Å². The number of aryl methyl sites for hydroxylation is 1. The van der Waals surface area contributed by atoms with Gasteiger partial charge in [-0.3, -0.25) is 9.59 Å². The molecule has 0 aliphatic carbocycles. The number of hydrogen-bond acceptors (Lipinski definition) is 2. The molecule has 0 radical (unpaired) electrons. The molecule has 0 fully saturated rings. The van der Waals surface area contributed by atoms with Crippen LogP contribution in [0.25, 0.3) is 0 Å². The molecule has 27 heavy (non-hydrogen) atoms. The average molecular weight is 374 g/mol. The van der Waals surface area contributed by atoms with Crippen molar-refractivity contribution in [2.24, 2.45) is 0 Å². The van der Waals surface area contributed by atoms with E-state index in [0.717, 1.165) is 22.9 Å². The van der Waals surface area contributed by atoms with E-state index >= 15 is 0 Å². The molecule has 0 saturated carbocycles. The Hall–Kier alpha value is -2.76. The van der Waals surface area contributed by atoms with Gasteiger partial charge in [0, 0.05) is 31.6 Å². The lowest BCUT2D eigenvalue weighted by Crippen LogP contribution is -2.33. The molecule has 0 atom stereocenters. The molecule has 0 unspecified atom stereocenters. The number of hydrogen-bond donors (Lipinski definition) is 1. The van der Waals surface area contributed by atoms with Gasteiger partial charge in [-0.1, -0.05) is 32.0 Å². The number of carbonyl (C=O) groups is 2. The lowest BCUT2D eigenvalue weighted by Gasteiger charge is -2.27. The standard InChI is InChI=1S/C21H24F2N2O2/c1-13(2)17-7-5-6-14(3)21(17)25(15(4)26)11-10-20(27)24-19-9-8-16(22)12-18(19)23/h5-9,12-13H,10-11H2,1-4H3,(H,24,27). The molecule has 144 valence electrons. The van der Waals surface area contributed by atoms with Crippen LogP contribution >= 0.6 is 0 Å². The summed E-state index contributed by atoms with van der Waals surface area (Å²) in [6.07, 6.45) is -0.0116. The van der Waals surface area contributed by atoms with E-state index in [2.05, 4.69) is 5.32 Å². The van der Waals surface area contributed by atoms with Gasteiger partial charge in [0.25, 0.3) is 0 Å². The monoisotopic (exact) mass is 374 g/mol. The summed E-state index contributed by atoms with van der Waals surface area (Å²) in [4.78, 5) is 26.0. The number of benzene rings is 2. The summed E-state index contributed by atoms with van der Waals surface area (Å²) in [5, 5.41) is 2.42. The van der Waals surface area contributed by atoms with E-state index in [-0.39, 0.29) is 30.5 Å². The number of halogens is 2. The minimum absolute atomic E-state index is 0.0116. The summed E-state index contributed by atoms with van der Waals surface area (Å²) in [5.74, 6) is -1.97. The number of nitrogens with one attached hydrogen (secondary N) is 1. The molecule has 0 spiro atoms. The van der Waals surface area contributed by atoms with Crippen LogP contribution in [0.3, 0.4) is 0 Å². The van der Waals surface area contributed by atoms with Crippen molar-refractivity contribution in [2.75, 3.05) is 16.8 Å². The highest BCUT2D eigenvalue weighted by molar-refractivity contribution is 5.96. The fourth-order valence-corrected chi connectivity index (χ4v) is 2.96. The molecule has 0 aromatic heterocycles. The fraction of sp³-hybridized carbons (Fsp3) is 0.333. The quantitative estimate of drug-likeness (QED) is 0.791. The van der Waals surface area contributed by atoms with E-state index in [1.165, 1.54) is 13.0 Å². The van der Waals surface area contributed by atoms with Crippen LogP contribution in [0.5, 0.6) is 0 Å². The Labute approximate surface area is 158 Å². The van der Waals surface area contributed by atoms with E-state index in [0.29, 0.717) is 6.07 Å². The Kier molecular flexibility index (Phi) is 6.66. The average Bonchev–Trinajstić information content (AvgIpc) is 2.58. The lowest BCUT2D eigenvalue weighted by molar-refractivity contribution is -0.117. The van der Waals surface area contributed by atoms with Crippen molar-refractivity contribution in [2.45, 2.75) is 40.0 Å². The molecule has 6 heteroatoms. The van der Waals surface area contributed by atoms with Crippen molar-refractivity contribution < 1.29 is 18.4 Å². The minimum Gasteiger partial charge on any atom is -0.324 e. The summed E-state index contributed by atoms with van der Waals surface area (Å²) in [7, 11) is 0. The van der Waals surface area contributed by atoms with Gasteiger partial charge in [0.05, 0.1) is 5.69 Å². The predicted octanol–water partition coefficient (Wildman–Crippen LogP) is 4.78. The Morgan fingerprint density at radius 3 is 2.44 bits per heavy atom. The van der Waals surface area contributed by atoms with E-state index < -0.39 is 17.5 Å². The van der Waals surface area contributed by atoms with Crippen molar-refractivity contribution in [3.63, 3.8) is 0 Å². The second-order valence-corrected chi connectivity index (χ2v) is 6.76. The largest absolute Gasteiger partial charge is 0.324 e. The molecule has 2 rings (SSSR count). The van der Waals surface area contributed by atoms with Crippen LogP contribution < -0.4 is 10.2 Å². The molecule has 1 N–H and O–H groups in total. The van der Waals surface area contributed by atoms with Crippen LogP contribution in [0.4, 0.5) is 20.2 Å². The van der Waals surface area contributed by atoms with Crippen LogP contribution in [0.1, 0.15) is 44.2 Å². The van der Waals surface area contributed by atoms with Gasteiger partial charge in [-0.2, -0.15) is 0 Å². The number of para-hydroxylation sites is 1. The van der Waals surface area contributed by atoms with Gasteiger partial charge in [-0.05, 0) is 36.1 Å². The zero-order valence-corrected chi connectivity index (χ0v) is 16.0. The topological polar surface area (TPSA) is 49.4 Å². The number of anilines is 2. The molecule has 2 aromatic carbocycles. The fourth-order valence-electron chi connectivity index (χ4n) is 2.96. The van der Waals surface area contributed by atoms with E-state index in [1.807, 2.05) is 39.0 Å². The smallest absolute Gasteiger partial charge is 0.226 e. The van der Waals surface area contributed by atoms with Crippen molar-refractivity contribution >= 4 is 23.2 Å². The number of amides is 2. The summed E-state index contributed by atoms with van der Waals surface area (Å²) in [5.41, 5.74) is 2.69. The highest BCUT2D eigenvalue weighted by atomic mass is 19.1. The van der Waals surface area contributed by atoms with Crippen molar-refractivity contribution in [3.05, 3.63) is 59.2 Å². The van der Waals surface area contributed by atoms with Gasteiger partial charge in [0.1, 0.15) is 11.6 Å². The first-order chi connectivity index (χ1) is 12.7. The molecule has 0 heterocycles. The first kappa shape index (κ1) is 20.6. The zero-order valence-electron chi connectivity index (χ0n) is 16.0. The normalized spacial score (nSPS) is 10.8. The van der Waals surface area contributed by atoms with Crippen LogP contribution in [0, 0.1) is 18.6 Å². The molecular weight excluding hydrogens is 350 g/mol. The second kappa shape index (κ2) is 8.75. The highest BCUT2D eigenvalue weighted by Gasteiger charge is 2.20. The third-order valence-corrected chi connectivity index (χ3v) is 4.31. The third kappa shape index (κ3) is 5.12. The summed E-state index contributed by atoms with van der Waals surface area (Å²) in [6, 6.07) is 8.78. The second-order valence-electron chi connectivity index (χ2n) is 6.76. The maximum absolute atomic E-state index is 13.7. The van der Waals surface area contributed by atoms with Gasteiger partial charge in [0.15, 0.2) is 0 Å². The molecule has 0 saturated heterocycles. The Morgan fingerprint density at radius 2 is 1.85 bits per heavy atom. The zero-order chi connectivity index (χ0) is 20.1. The van der Waals surface area contributed by atoms with Crippen LogP contribution in [-0.2, 0) is 9.59 Å². The van der Waals surface area contributed by atoms with E-state index in [4.69, 9.17) is 0 Å². The Balaban J connectivity index is 2.16. The predicted molar refractivity (Wildman–Crippen MR) is 103 cm³/mol. The molecule has 4 nitrogen and oxygen atoms in total. The first-order valence-corrected chi connectivity index (χ1v) is 8.83. The summed E-state index contributed by atoms with van der Waals surface area (Å²) in [6.45, 7) is 7.62. The summed E-state index contributed by atoms with van der Waals surface area (Å²) >= 11 is 0. The molecule has 0 aliphatic heterocycles. The Morgan fingerprint density at radius 1 is 1.15 bits per heavy atom. The number of rotatable bonds is 6. The van der Waals surface area contributed by atoms with E-state index in [1.54, 1.807) is 4.90 Å². The van der Waals surface area contributed by atoms with Gasteiger partial charge < -0.3 is 10.2 Å². The van der Waals surface area contributed by atoms with Gasteiger partial charge in [-0.25, -0.2) is 8.78 Å². The van der Waals surface area contributed by atoms with Crippen LogP contribution in [0.15, 0.2) is 36.4 Å². The molecule has 2 aromatic rings. The SMILES string of the molecule is CC(=O)N(CCC(=O)Nc1ccc(F)cc1F)c1c(C)cccc1C(C)C. The van der Waals surface area contributed by atoms with Crippen molar-refractivity contribution in [1.29, 1.82) is 0 Å². The van der Waals surface area contributed by atoms with Crippen LogP contribution in [-0.4, -0.2) is 18.4 Å². The highest BCUT2D eigenvalue weighted by Crippen LogP contribution is 2.31. The third-order valence-electron chi connectivity index (χ3n) is 4.31.